The number of hydrogen-bond acceptors (Lipinski definition) is 6. The normalized spacial score (nSPS) is 15.4. The first kappa shape index (κ1) is 25.6. The molecule has 0 aliphatic carbocycles. The van der Waals surface area contributed by atoms with Gasteiger partial charge >= 0.3 is 0 Å². The first-order valence-corrected chi connectivity index (χ1v) is 11.8. The van der Waals surface area contributed by atoms with E-state index in [1.807, 2.05) is 54.6 Å². The quantitative estimate of drug-likeness (QED) is 0.398. The zero-order valence-corrected chi connectivity index (χ0v) is 21.0. The highest BCUT2D eigenvalue weighted by molar-refractivity contribution is 6.14. The van der Waals surface area contributed by atoms with Crippen LogP contribution in [-0.4, -0.2) is 49.6 Å². The van der Waals surface area contributed by atoms with Crippen molar-refractivity contribution in [3.8, 4) is 17.2 Å². The minimum Gasteiger partial charge on any atom is -0.503 e. The van der Waals surface area contributed by atoms with E-state index in [9.17, 15) is 14.7 Å². The predicted molar refractivity (Wildman–Crippen MR) is 141 cm³/mol. The van der Waals surface area contributed by atoms with Crippen LogP contribution in [0.1, 0.15) is 22.7 Å². The number of para-hydroxylation sites is 1. The van der Waals surface area contributed by atoms with E-state index < -0.39 is 23.5 Å². The van der Waals surface area contributed by atoms with Crippen LogP contribution < -0.4 is 14.2 Å². The summed E-state index contributed by atoms with van der Waals surface area (Å²) in [4.78, 5) is 28.2. The Morgan fingerprint density at radius 3 is 2.27 bits per heavy atom. The molecule has 7 nitrogen and oxygen atoms in total. The summed E-state index contributed by atoms with van der Waals surface area (Å²) in [5, 5.41) is 10.9. The Bertz CT molecular complexity index is 1350. The number of carbonyl (C=O) groups excluding carboxylic acids is 2. The fraction of sp³-hybridized carbons (Fsp3) is 0.200. The number of methoxy groups -OCH3 is 3. The lowest BCUT2D eigenvalue weighted by Crippen LogP contribution is -2.33. The molecule has 1 heterocycles. The van der Waals surface area contributed by atoms with Gasteiger partial charge in [-0.3, -0.25) is 9.59 Å². The Labute approximate surface area is 216 Å². The van der Waals surface area contributed by atoms with Crippen LogP contribution in [-0.2, 0) is 16.0 Å². The van der Waals surface area contributed by atoms with Gasteiger partial charge in [0.05, 0.1) is 32.9 Å². The summed E-state index contributed by atoms with van der Waals surface area (Å²) in [6, 6.07) is 21.3. The summed E-state index contributed by atoms with van der Waals surface area (Å²) < 4.78 is 16.3. The molecular weight excluding hydrogens is 470 g/mol. The second-order valence-corrected chi connectivity index (χ2v) is 8.45. The Balaban J connectivity index is 1.68. The fourth-order valence-electron chi connectivity index (χ4n) is 4.46. The second-order valence-electron chi connectivity index (χ2n) is 8.45. The molecular formula is C30H29NO6. The van der Waals surface area contributed by atoms with E-state index in [4.69, 9.17) is 14.2 Å². The average molecular weight is 500 g/mol. The van der Waals surface area contributed by atoms with Crippen molar-refractivity contribution in [3.05, 3.63) is 107 Å². The monoisotopic (exact) mass is 499 g/mol. The molecule has 0 spiro atoms. The van der Waals surface area contributed by atoms with E-state index >= 15 is 0 Å². The first-order chi connectivity index (χ1) is 18.0. The van der Waals surface area contributed by atoms with Gasteiger partial charge in [-0.15, -0.1) is 0 Å². The molecule has 0 saturated carbocycles. The summed E-state index contributed by atoms with van der Waals surface area (Å²) in [6.07, 6.45) is 3.51. The molecule has 3 aromatic carbocycles. The molecule has 0 saturated heterocycles. The largest absolute Gasteiger partial charge is 0.503 e. The van der Waals surface area contributed by atoms with Gasteiger partial charge in [0.1, 0.15) is 5.75 Å². The molecule has 1 atom stereocenters. The van der Waals surface area contributed by atoms with Crippen molar-refractivity contribution < 1.29 is 28.9 Å². The maximum absolute atomic E-state index is 13.4. The number of hydrogen-bond donors (Lipinski definition) is 1. The number of aliphatic hydroxyl groups excluding tert-OH is 1. The number of benzene rings is 3. The standard InChI is InChI=1S/C30H29NO6/c1-35-24-12-8-7-11-22(24)28-27(23(32)15-13-20-9-5-4-6-10-20)29(33)30(34)31(28)18-17-21-14-16-25(36-2)26(19-21)37-3/h4-16,19,28,33H,17-18H2,1-3H3/b15-13+/t28-/m0/s1. The van der Waals surface area contributed by atoms with Gasteiger partial charge in [-0.25, -0.2) is 0 Å². The van der Waals surface area contributed by atoms with E-state index in [-0.39, 0.29) is 12.1 Å². The third-order valence-corrected chi connectivity index (χ3v) is 6.32. The lowest BCUT2D eigenvalue weighted by atomic mass is 9.94. The Kier molecular flexibility index (Phi) is 7.93. The lowest BCUT2D eigenvalue weighted by Gasteiger charge is -2.28. The third kappa shape index (κ3) is 5.35. The Hall–Kier alpha value is -4.52. The minimum atomic E-state index is -0.809. The van der Waals surface area contributed by atoms with Crippen molar-refractivity contribution in [3.63, 3.8) is 0 Å². The van der Waals surface area contributed by atoms with Gasteiger partial charge in [-0.1, -0.05) is 60.7 Å². The predicted octanol–water partition coefficient (Wildman–Crippen LogP) is 4.93. The van der Waals surface area contributed by atoms with Gasteiger partial charge < -0.3 is 24.2 Å². The van der Waals surface area contributed by atoms with Gasteiger partial charge in [0, 0.05) is 12.1 Å². The summed E-state index contributed by atoms with van der Waals surface area (Å²) in [5.41, 5.74) is 2.38. The van der Waals surface area contributed by atoms with Crippen LogP contribution in [0.5, 0.6) is 17.2 Å². The molecule has 37 heavy (non-hydrogen) atoms. The van der Waals surface area contributed by atoms with E-state index in [0.717, 1.165) is 11.1 Å². The number of ether oxygens (including phenoxy) is 3. The van der Waals surface area contributed by atoms with Crippen LogP contribution in [0.15, 0.2) is 90.2 Å². The van der Waals surface area contributed by atoms with Crippen LogP contribution in [0.25, 0.3) is 6.08 Å². The highest BCUT2D eigenvalue weighted by Gasteiger charge is 2.43. The molecule has 4 rings (SSSR count). The van der Waals surface area contributed by atoms with Crippen molar-refractivity contribution in [2.45, 2.75) is 12.5 Å². The molecule has 1 amide bonds. The van der Waals surface area contributed by atoms with Crippen LogP contribution in [0.3, 0.4) is 0 Å². The summed E-state index contributed by atoms with van der Waals surface area (Å²) in [7, 11) is 4.66. The van der Waals surface area contributed by atoms with Crippen LogP contribution >= 0.6 is 0 Å². The third-order valence-electron chi connectivity index (χ3n) is 6.32. The van der Waals surface area contributed by atoms with Gasteiger partial charge in [-0.2, -0.15) is 0 Å². The van der Waals surface area contributed by atoms with Crippen molar-refractivity contribution in [1.82, 2.24) is 4.90 Å². The minimum absolute atomic E-state index is 0.0222. The van der Waals surface area contributed by atoms with Gasteiger partial charge in [-0.05, 0) is 41.8 Å². The Morgan fingerprint density at radius 2 is 1.57 bits per heavy atom. The fourth-order valence-corrected chi connectivity index (χ4v) is 4.46. The smallest absolute Gasteiger partial charge is 0.290 e. The van der Waals surface area contributed by atoms with Crippen molar-refractivity contribution in [2.24, 2.45) is 0 Å². The number of ketones is 1. The van der Waals surface area contributed by atoms with Crippen molar-refractivity contribution >= 4 is 17.8 Å². The average Bonchev–Trinajstić information content (AvgIpc) is 3.20. The number of amides is 1. The Morgan fingerprint density at radius 1 is 0.892 bits per heavy atom. The van der Waals surface area contributed by atoms with Gasteiger partial charge in [0.25, 0.3) is 5.91 Å². The SMILES string of the molecule is COc1ccc(CCN2C(=O)C(O)=C(C(=O)/C=C/c3ccccc3)[C@@H]2c2ccccc2OC)cc1OC. The number of rotatable bonds is 10. The summed E-state index contributed by atoms with van der Waals surface area (Å²) in [5.74, 6) is 0.103. The molecule has 0 unspecified atom stereocenters. The number of carbonyl (C=O) groups is 2. The molecule has 1 aliphatic heterocycles. The maximum atomic E-state index is 13.4. The second kappa shape index (κ2) is 11.5. The maximum Gasteiger partial charge on any atom is 0.290 e. The molecule has 7 heteroatoms. The van der Waals surface area contributed by atoms with E-state index in [1.165, 1.54) is 18.1 Å². The molecule has 3 aromatic rings. The topological polar surface area (TPSA) is 85.3 Å². The molecule has 1 aliphatic rings. The van der Waals surface area contributed by atoms with Crippen molar-refractivity contribution in [1.29, 1.82) is 0 Å². The molecule has 0 fully saturated rings. The van der Waals surface area contributed by atoms with Crippen LogP contribution in [0.2, 0.25) is 0 Å². The highest BCUT2D eigenvalue weighted by atomic mass is 16.5. The summed E-state index contributed by atoms with van der Waals surface area (Å²) in [6.45, 7) is 0.250. The van der Waals surface area contributed by atoms with Crippen LogP contribution in [0, 0.1) is 0 Å². The molecule has 1 N–H and O–H groups in total. The van der Waals surface area contributed by atoms with Gasteiger partial charge in [0.15, 0.2) is 23.0 Å². The molecule has 190 valence electrons. The zero-order valence-electron chi connectivity index (χ0n) is 21.0. The van der Waals surface area contributed by atoms with E-state index in [0.29, 0.717) is 29.2 Å². The number of aliphatic hydroxyl groups is 1. The molecule has 0 aromatic heterocycles. The van der Waals surface area contributed by atoms with E-state index in [1.54, 1.807) is 38.5 Å². The molecule has 0 radical (unpaired) electrons. The van der Waals surface area contributed by atoms with Gasteiger partial charge in [0.2, 0.25) is 0 Å². The van der Waals surface area contributed by atoms with E-state index in [2.05, 4.69) is 0 Å². The highest BCUT2D eigenvalue weighted by Crippen LogP contribution is 2.41. The number of nitrogens with zero attached hydrogens (tertiary/aromatic N) is 1. The molecule has 0 bridgehead atoms. The van der Waals surface area contributed by atoms with Crippen LogP contribution in [0.4, 0.5) is 0 Å². The lowest BCUT2D eigenvalue weighted by molar-refractivity contribution is -0.129. The zero-order chi connectivity index (χ0) is 26.4. The summed E-state index contributed by atoms with van der Waals surface area (Å²) >= 11 is 0. The number of allylic oxidation sites excluding steroid dienone is 1. The first-order valence-electron chi connectivity index (χ1n) is 11.8. The van der Waals surface area contributed by atoms with Crippen molar-refractivity contribution in [2.75, 3.05) is 27.9 Å².